The zero-order chi connectivity index (χ0) is 24.7. The second kappa shape index (κ2) is 7.19. The van der Waals surface area contributed by atoms with Gasteiger partial charge in [0.05, 0.1) is 33.2 Å². The van der Waals surface area contributed by atoms with Crippen LogP contribution in [0.3, 0.4) is 0 Å². The van der Waals surface area contributed by atoms with E-state index in [1.807, 2.05) is 18.2 Å². The van der Waals surface area contributed by atoms with Gasteiger partial charge >= 0.3 is 0 Å². The van der Waals surface area contributed by atoms with E-state index in [2.05, 4.69) is 97.8 Å². The molecule has 0 unspecified atom stereocenters. The molecule has 0 N–H and O–H groups in total. The highest BCUT2D eigenvalue weighted by atomic mass is 16.5. The lowest BCUT2D eigenvalue weighted by Gasteiger charge is -2.24. The summed E-state index contributed by atoms with van der Waals surface area (Å²) in [5.41, 5.74) is 9.63. The molecule has 0 fully saturated rings. The molecule has 6 aromatic rings. The van der Waals surface area contributed by atoms with Crippen LogP contribution < -0.4 is 9.30 Å². The lowest BCUT2D eigenvalue weighted by atomic mass is 9.91. The fourth-order valence-electron chi connectivity index (χ4n) is 5.93. The molecule has 0 bridgehead atoms. The number of aryl methyl sites for hydroxylation is 3. The third-order valence-electron chi connectivity index (χ3n) is 7.69. The minimum atomic E-state index is 0.658. The van der Waals surface area contributed by atoms with E-state index in [9.17, 15) is 5.26 Å². The quantitative estimate of drug-likeness (QED) is 0.238. The second-order valence-electron chi connectivity index (χ2n) is 9.79. The van der Waals surface area contributed by atoms with E-state index in [4.69, 9.17) is 4.74 Å². The molecule has 0 aliphatic carbocycles. The van der Waals surface area contributed by atoms with Crippen molar-refractivity contribution >= 4 is 32.6 Å². The molecule has 7 rings (SSSR count). The monoisotopic (exact) mass is 466 g/mol. The van der Waals surface area contributed by atoms with Crippen LogP contribution in [0.15, 0.2) is 72.9 Å². The Labute approximate surface area is 209 Å². The third-order valence-corrected chi connectivity index (χ3v) is 7.69. The maximum Gasteiger partial charge on any atom is 0.228 e. The largest absolute Gasteiger partial charge is 0.455 e. The number of aromatic nitrogens is 2. The number of nitrogens with zero attached hydrogens (tertiary/aromatic N) is 3. The van der Waals surface area contributed by atoms with Crippen molar-refractivity contribution in [1.29, 1.82) is 5.26 Å². The van der Waals surface area contributed by atoms with Crippen molar-refractivity contribution in [3.63, 3.8) is 0 Å². The van der Waals surface area contributed by atoms with E-state index < -0.39 is 0 Å². The number of para-hydroxylation sites is 2. The maximum absolute atomic E-state index is 9.98. The van der Waals surface area contributed by atoms with Gasteiger partial charge in [-0.25, -0.2) is 4.57 Å². The van der Waals surface area contributed by atoms with Crippen LogP contribution in [0.2, 0.25) is 0 Å². The number of fused-ring (bicyclic) bond motifs is 5. The Balaban J connectivity index is 1.63. The number of ether oxygens (including phenoxy) is 1. The molecule has 1 aliphatic rings. The van der Waals surface area contributed by atoms with Crippen molar-refractivity contribution < 1.29 is 9.30 Å². The molecule has 0 spiro atoms. The molecule has 4 heteroatoms. The van der Waals surface area contributed by atoms with E-state index in [0.717, 1.165) is 55.3 Å². The summed E-state index contributed by atoms with van der Waals surface area (Å²) in [4.78, 5) is 0. The summed E-state index contributed by atoms with van der Waals surface area (Å²) in [7, 11) is 2.10. The summed E-state index contributed by atoms with van der Waals surface area (Å²) in [5.74, 6) is 1.76. The van der Waals surface area contributed by atoms with Crippen LogP contribution in [0.1, 0.15) is 22.3 Å². The minimum absolute atomic E-state index is 0.658. The fourth-order valence-corrected chi connectivity index (χ4v) is 5.93. The number of hydrogen-bond donors (Lipinski definition) is 0. The van der Waals surface area contributed by atoms with Crippen LogP contribution >= 0.6 is 0 Å². The summed E-state index contributed by atoms with van der Waals surface area (Å²) in [5, 5.41) is 14.4. The predicted molar refractivity (Wildman–Crippen MR) is 144 cm³/mol. The highest BCUT2D eigenvalue weighted by Gasteiger charge is 2.31. The van der Waals surface area contributed by atoms with Crippen molar-refractivity contribution in [2.75, 3.05) is 0 Å². The van der Waals surface area contributed by atoms with Gasteiger partial charge in [-0.15, -0.1) is 0 Å². The zero-order valence-electron chi connectivity index (χ0n) is 20.7. The lowest BCUT2D eigenvalue weighted by molar-refractivity contribution is -0.659. The molecule has 0 atom stereocenters. The van der Waals surface area contributed by atoms with Crippen LogP contribution in [-0.2, 0) is 7.05 Å². The number of nitriles is 1. The van der Waals surface area contributed by atoms with Crippen molar-refractivity contribution in [3.05, 3.63) is 95.2 Å². The van der Waals surface area contributed by atoms with E-state index in [1.165, 1.54) is 22.4 Å². The number of rotatable bonds is 1. The average Bonchev–Trinajstić information content (AvgIpc) is 3.23. The van der Waals surface area contributed by atoms with E-state index in [0.29, 0.717) is 5.56 Å². The van der Waals surface area contributed by atoms with Crippen LogP contribution in [0, 0.1) is 32.1 Å². The minimum Gasteiger partial charge on any atom is -0.455 e. The van der Waals surface area contributed by atoms with Gasteiger partial charge in [0.15, 0.2) is 6.20 Å². The van der Waals surface area contributed by atoms with Gasteiger partial charge in [-0.1, -0.05) is 36.4 Å². The highest BCUT2D eigenvalue weighted by molar-refractivity contribution is 6.11. The molecule has 0 amide bonds. The SMILES string of the molecule is Cc1cc(C)c2c(c1C)-c1c3c(cc(-n4c5ccccc5c5cccc(C#N)c54)cc3cc[n+]1C)O2. The highest BCUT2D eigenvalue weighted by Crippen LogP contribution is 2.49. The number of benzene rings is 4. The molecule has 3 heterocycles. The molecule has 2 aromatic heterocycles. The molecule has 172 valence electrons. The van der Waals surface area contributed by atoms with Gasteiger partial charge in [0.2, 0.25) is 5.69 Å². The van der Waals surface area contributed by atoms with Crippen molar-refractivity contribution in [2.24, 2.45) is 7.05 Å². The number of hydrogen-bond acceptors (Lipinski definition) is 2. The third kappa shape index (κ3) is 2.60. The van der Waals surface area contributed by atoms with E-state index in [1.54, 1.807) is 0 Å². The topological polar surface area (TPSA) is 41.8 Å². The van der Waals surface area contributed by atoms with Crippen LogP contribution in [0.4, 0.5) is 0 Å². The summed E-state index contributed by atoms with van der Waals surface area (Å²) in [6.07, 6.45) is 2.13. The normalized spacial score (nSPS) is 12.1. The Kier molecular flexibility index (Phi) is 4.14. The smallest absolute Gasteiger partial charge is 0.228 e. The first-order chi connectivity index (χ1) is 17.5. The Bertz CT molecular complexity index is 1970. The zero-order valence-corrected chi connectivity index (χ0v) is 20.7. The van der Waals surface area contributed by atoms with Crippen LogP contribution in [0.5, 0.6) is 11.5 Å². The first-order valence-electron chi connectivity index (χ1n) is 12.2. The first-order valence-corrected chi connectivity index (χ1v) is 12.2. The van der Waals surface area contributed by atoms with Crippen molar-refractivity contribution in [3.8, 4) is 34.5 Å². The Morgan fingerprint density at radius 1 is 0.889 bits per heavy atom. The predicted octanol–water partition coefficient (Wildman–Crippen LogP) is 7.33. The molecule has 36 heavy (non-hydrogen) atoms. The molecular weight excluding hydrogens is 442 g/mol. The molecule has 1 aliphatic heterocycles. The van der Waals surface area contributed by atoms with Gasteiger partial charge in [0.1, 0.15) is 24.6 Å². The Hall–Kier alpha value is -4.62. The summed E-state index contributed by atoms with van der Waals surface area (Å²) in [6, 6.07) is 25.4. The fraction of sp³-hybridized carbons (Fsp3) is 0.125. The van der Waals surface area contributed by atoms with Crippen molar-refractivity contribution in [2.45, 2.75) is 20.8 Å². The molecule has 0 radical (unpaired) electrons. The Morgan fingerprint density at radius 3 is 2.53 bits per heavy atom. The Morgan fingerprint density at radius 2 is 1.69 bits per heavy atom. The molecule has 0 saturated heterocycles. The molecular formula is C32H24N3O+. The van der Waals surface area contributed by atoms with E-state index >= 15 is 0 Å². The first kappa shape index (κ1) is 20.7. The average molecular weight is 467 g/mol. The summed E-state index contributed by atoms with van der Waals surface area (Å²) >= 11 is 0. The van der Waals surface area contributed by atoms with Gasteiger partial charge < -0.3 is 9.30 Å². The van der Waals surface area contributed by atoms with Gasteiger partial charge in [-0.05, 0) is 55.7 Å². The van der Waals surface area contributed by atoms with Gasteiger partial charge in [0.25, 0.3) is 0 Å². The van der Waals surface area contributed by atoms with Gasteiger partial charge in [-0.3, -0.25) is 0 Å². The standard InChI is InChI=1S/C32H24N3O/c1-18-14-19(2)32-28(20(18)3)31-29-21(12-13-34(31)4)15-23(16-27(29)36-32)35-26-11-6-5-9-24(26)25-10-7-8-22(17-33)30(25)35/h5-16H,1-4H3/q+1. The van der Waals surface area contributed by atoms with Crippen LogP contribution in [0.25, 0.3) is 49.5 Å². The molecule has 4 aromatic carbocycles. The molecule has 0 saturated carbocycles. The summed E-state index contributed by atoms with van der Waals surface area (Å²) in [6.45, 7) is 6.46. The number of pyridine rings is 1. The van der Waals surface area contributed by atoms with E-state index in [-0.39, 0.29) is 0 Å². The van der Waals surface area contributed by atoms with Gasteiger partial charge in [0, 0.05) is 28.3 Å². The van der Waals surface area contributed by atoms with Gasteiger partial charge in [-0.2, -0.15) is 5.26 Å². The lowest BCUT2D eigenvalue weighted by Crippen LogP contribution is -2.32. The summed E-state index contributed by atoms with van der Waals surface area (Å²) < 4.78 is 11.1. The molecule has 4 nitrogen and oxygen atoms in total. The van der Waals surface area contributed by atoms with Crippen molar-refractivity contribution in [1.82, 2.24) is 4.57 Å². The maximum atomic E-state index is 9.98. The van der Waals surface area contributed by atoms with Crippen LogP contribution in [-0.4, -0.2) is 4.57 Å². The second-order valence-corrected chi connectivity index (χ2v) is 9.79.